The SMILES string of the molecule is Cn1c([C@@H]2CCCN2C(=O)c2nccnc2N)nc2ccccc21. The lowest BCUT2D eigenvalue weighted by Crippen LogP contribution is -2.33. The van der Waals surface area contributed by atoms with Crippen LogP contribution in [0.3, 0.4) is 0 Å². The molecule has 7 nitrogen and oxygen atoms in total. The molecule has 24 heavy (non-hydrogen) atoms. The minimum Gasteiger partial charge on any atom is -0.382 e. The van der Waals surface area contributed by atoms with Crippen LogP contribution in [-0.2, 0) is 7.05 Å². The summed E-state index contributed by atoms with van der Waals surface area (Å²) in [5.41, 5.74) is 8.03. The molecule has 7 heteroatoms. The average molecular weight is 322 g/mol. The number of nitrogens with two attached hydrogens (primary N) is 1. The molecule has 2 N–H and O–H groups in total. The Morgan fingerprint density at radius 1 is 1.25 bits per heavy atom. The number of nitrogens with zero attached hydrogens (tertiary/aromatic N) is 5. The second-order valence-corrected chi connectivity index (χ2v) is 5.96. The summed E-state index contributed by atoms with van der Waals surface area (Å²) < 4.78 is 2.06. The third-order valence-electron chi connectivity index (χ3n) is 4.56. The summed E-state index contributed by atoms with van der Waals surface area (Å²) in [6.07, 6.45) is 4.78. The molecule has 1 amide bonds. The van der Waals surface area contributed by atoms with Gasteiger partial charge in [0.15, 0.2) is 11.5 Å². The van der Waals surface area contributed by atoms with E-state index in [9.17, 15) is 4.79 Å². The Kier molecular flexibility index (Phi) is 3.41. The van der Waals surface area contributed by atoms with Crippen molar-refractivity contribution < 1.29 is 4.79 Å². The van der Waals surface area contributed by atoms with Gasteiger partial charge < -0.3 is 15.2 Å². The first-order valence-electron chi connectivity index (χ1n) is 7.95. The monoisotopic (exact) mass is 322 g/mol. The summed E-state index contributed by atoms with van der Waals surface area (Å²) in [6.45, 7) is 0.669. The Bertz CT molecular complexity index is 918. The van der Waals surface area contributed by atoms with Crippen molar-refractivity contribution in [3.8, 4) is 0 Å². The van der Waals surface area contributed by atoms with Gasteiger partial charge in [0.25, 0.3) is 5.91 Å². The van der Waals surface area contributed by atoms with Crippen LogP contribution in [0.2, 0.25) is 0 Å². The number of likely N-dealkylation sites (tertiary alicyclic amines) is 1. The van der Waals surface area contributed by atoms with Crippen LogP contribution in [-0.4, -0.2) is 36.9 Å². The number of amides is 1. The second kappa shape index (κ2) is 5.59. The largest absolute Gasteiger partial charge is 0.382 e. The maximum atomic E-state index is 12.9. The molecule has 2 aromatic heterocycles. The van der Waals surface area contributed by atoms with E-state index in [0.717, 1.165) is 29.7 Å². The molecule has 1 aliphatic heterocycles. The lowest BCUT2D eigenvalue weighted by atomic mass is 10.2. The van der Waals surface area contributed by atoms with Crippen LogP contribution in [0.5, 0.6) is 0 Å². The number of fused-ring (bicyclic) bond motifs is 1. The Labute approximate surface area is 139 Å². The van der Waals surface area contributed by atoms with E-state index in [-0.39, 0.29) is 23.5 Å². The molecule has 1 saturated heterocycles. The van der Waals surface area contributed by atoms with Gasteiger partial charge in [-0.2, -0.15) is 0 Å². The molecular weight excluding hydrogens is 304 g/mol. The third kappa shape index (κ3) is 2.20. The van der Waals surface area contributed by atoms with Crippen LogP contribution < -0.4 is 5.73 Å². The Balaban J connectivity index is 1.73. The van der Waals surface area contributed by atoms with Crippen LogP contribution in [0, 0.1) is 0 Å². The molecule has 122 valence electrons. The Hall–Kier alpha value is -2.96. The number of nitrogen functional groups attached to an aromatic ring is 1. The van der Waals surface area contributed by atoms with Gasteiger partial charge >= 0.3 is 0 Å². The molecule has 0 spiro atoms. The van der Waals surface area contributed by atoms with E-state index in [0.29, 0.717) is 6.54 Å². The minimum atomic E-state index is -0.185. The second-order valence-electron chi connectivity index (χ2n) is 5.96. The zero-order chi connectivity index (χ0) is 16.7. The molecule has 0 unspecified atom stereocenters. The fourth-order valence-corrected chi connectivity index (χ4v) is 3.39. The van der Waals surface area contributed by atoms with Crippen molar-refractivity contribution >= 4 is 22.8 Å². The van der Waals surface area contributed by atoms with Crippen molar-refractivity contribution in [3.63, 3.8) is 0 Å². The molecule has 0 bridgehead atoms. The summed E-state index contributed by atoms with van der Waals surface area (Å²) >= 11 is 0. The third-order valence-corrected chi connectivity index (χ3v) is 4.56. The molecule has 1 fully saturated rings. The standard InChI is InChI=1S/C17H18N6O/c1-22-12-6-3-2-5-11(12)21-16(22)13-7-4-10-23(13)17(24)14-15(18)20-9-8-19-14/h2-3,5-6,8-9,13H,4,7,10H2,1H3,(H2,18,20)/t13-/m0/s1. The van der Waals surface area contributed by atoms with Gasteiger partial charge in [-0.15, -0.1) is 0 Å². The zero-order valence-corrected chi connectivity index (χ0v) is 13.4. The van der Waals surface area contributed by atoms with Crippen LogP contribution in [0.4, 0.5) is 5.82 Å². The molecule has 3 heterocycles. The van der Waals surface area contributed by atoms with E-state index in [2.05, 4.69) is 14.5 Å². The first kappa shape index (κ1) is 14.6. The fraction of sp³-hybridized carbons (Fsp3) is 0.294. The van der Waals surface area contributed by atoms with Crippen molar-refractivity contribution in [2.24, 2.45) is 7.05 Å². The average Bonchev–Trinajstić information content (AvgIpc) is 3.20. The highest BCUT2D eigenvalue weighted by Crippen LogP contribution is 2.34. The molecular formula is C17H18N6O. The molecule has 0 radical (unpaired) electrons. The van der Waals surface area contributed by atoms with E-state index in [1.807, 2.05) is 36.2 Å². The first-order chi connectivity index (χ1) is 11.7. The van der Waals surface area contributed by atoms with Gasteiger partial charge in [-0.05, 0) is 25.0 Å². The highest BCUT2D eigenvalue weighted by atomic mass is 16.2. The van der Waals surface area contributed by atoms with Gasteiger partial charge in [0, 0.05) is 26.0 Å². The molecule has 0 aliphatic carbocycles. The number of hydrogen-bond acceptors (Lipinski definition) is 5. The lowest BCUT2D eigenvalue weighted by Gasteiger charge is -2.24. The smallest absolute Gasteiger partial charge is 0.276 e. The fourth-order valence-electron chi connectivity index (χ4n) is 3.39. The van der Waals surface area contributed by atoms with Crippen molar-refractivity contribution in [1.82, 2.24) is 24.4 Å². The summed E-state index contributed by atoms with van der Waals surface area (Å²) in [6, 6.07) is 7.91. The first-order valence-corrected chi connectivity index (χ1v) is 7.95. The quantitative estimate of drug-likeness (QED) is 0.778. The van der Waals surface area contributed by atoms with Gasteiger partial charge in [0.2, 0.25) is 0 Å². The summed E-state index contributed by atoms with van der Waals surface area (Å²) in [5.74, 6) is 0.873. The van der Waals surface area contributed by atoms with Crippen molar-refractivity contribution in [2.75, 3.05) is 12.3 Å². The van der Waals surface area contributed by atoms with E-state index < -0.39 is 0 Å². The maximum Gasteiger partial charge on any atom is 0.276 e. The summed E-state index contributed by atoms with van der Waals surface area (Å²) in [5, 5.41) is 0. The van der Waals surface area contributed by atoms with Gasteiger partial charge in [0.05, 0.1) is 17.1 Å². The van der Waals surface area contributed by atoms with E-state index in [1.165, 1.54) is 12.4 Å². The van der Waals surface area contributed by atoms with Crippen molar-refractivity contribution in [1.29, 1.82) is 0 Å². The molecule has 0 saturated carbocycles. The number of rotatable bonds is 2. The number of aryl methyl sites for hydroxylation is 1. The Morgan fingerprint density at radius 3 is 2.83 bits per heavy atom. The zero-order valence-electron chi connectivity index (χ0n) is 13.4. The normalized spacial score (nSPS) is 17.5. The van der Waals surface area contributed by atoms with Crippen molar-refractivity contribution in [2.45, 2.75) is 18.9 Å². The molecule has 4 rings (SSSR count). The van der Waals surface area contributed by atoms with Crippen LogP contribution in [0.1, 0.15) is 35.2 Å². The van der Waals surface area contributed by atoms with Gasteiger partial charge in [-0.3, -0.25) is 4.79 Å². The summed E-state index contributed by atoms with van der Waals surface area (Å²) in [4.78, 5) is 27.5. The number of imidazole rings is 1. The number of hydrogen-bond donors (Lipinski definition) is 1. The topological polar surface area (TPSA) is 89.9 Å². The predicted octanol–water partition coefficient (Wildman–Crippen LogP) is 1.92. The number of carbonyl (C=O) groups is 1. The van der Waals surface area contributed by atoms with Crippen molar-refractivity contribution in [3.05, 3.63) is 48.2 Å². The number of benzene rings is 1. The Morgan fingerprint density at radius 2 is 2.04 bits per heavy atom. The lowest BCUT2D eigenvalue weighted by molar-refractivity contribution is 0.0723. The summed E-state index contributed by atoms with van der Waals surface area (Å²) in [7, 11) is 1.99. The highest BCUT2D eigenvalue weighted by molar-refractivity contribution is 5.96. The van der Waals surface area contributed by atoms with Gasteiger partial charge in [-0.1, -0.05) is 12.1 Å². The maximum absolute atomic E-state index is 12.9. The van der Waals surface area contributed by atoms with Crippen LogP contribution >= 0.6 is 0 Å². The number of carbonyl (C=O) groups excluding carboxylic acids is 1. The molecule has 1 atom stereocenters. The molecule has 3 aromatic rings. The predicted molar refractivity (Wildman–Crippen MR) is 90.2 cm³/mol. The number of anilines is 1. The minimum absolute atomic E-state index is 0.0729. The van der Waals surface area contributed by atoms with Gasteiger partial charge in [0.1, 0.15) is 5.82 Å². The van der Waals surface area contributed by atoms with Gasteiger partial charge in [-0.25, -0.2) is 15.0 Å². The van der Waals surface area contributed by atoms with Crippen LogP contribution in [0.15, 0.2) is 36.7 Å². The number of para-hydroxylation sites is 2. The molecule has 1 aliphatic rings. The number of aromatic nitrogens is 4. The van der Waals surface area contributed by atoms with E-state index >= 15 is 0 Å². The highest BCUT2D eigenvalue weighted by Gasteiger charge is 2.35. The van der Waals surface area contributed by atoms with Crippen LogP contribution in [0.25, 0.3) is 11.0 Å². The van der Waals surface area contributed by atoms with E-state index in [4.69, 9.17) is 10.7 Å². The molecule has 1 aromatic carbocycles. The van der Waals surface area contributed by atoms with E-state index in [1.54, 1.807) is 0 Å².